The lowest BCUT2D eigenvalue weighted by Gasteiger charge is -2.38. The van der Waals surface area contributed by atoms with Crippen LogP contribution in [-0.4, -0.2) is 7.05 Å². The summed E-state index contributed by atoms with van der Waals surface area (Å²) in [5.74, 6) is 0. The van der Waals surface area contributed by atoms with E-state index < -0.39 is 7.56 Å². The summed E-state index contributed by atoms with van der Waals surface area (Å²) >= 11 is 0. The van der Waals surface area contributed by atoms with E-state index in [2.05, 4.69) is 84.8 Å². The third-order valence-electron chi connectivity index (χ3n) is 3.88. The van der Waals surface area contributed by atoms with Crippen LogP contribution in [0.15, 0.2) is 84.9 Å². The zero-order valence-corrected chi connectivity index (χ0v) is 14.4. The van der Waals surface area contributed by atoms with Crippen LogP contribution in [0.25, 0.3) is 5.09 Å². The van der Waals surface area contributed by atoms with Crippen molar-refractivity contribution in [2.45, 2.75) is 6.92 Å². The van der Waals surface area contributed by atoms with Crippen LogP contribution in [0.5, 0.6) is 0 Å². The molecule has 2 nitrogen and oxygen atoms in total. The third kappa shape index (κ3) is 3.29. The minimum atomic E-state index is -2.04. The molecule has 3 heteroatoms. The van der Waals surface area contributed by atoms with Crippen LogP contribution in [0.3, 0.4) is 0 Å². The highest BCUT2D eigenvalue weighted by atomic mass is 31.2. The molecule has 0 radical (unpaired) electrons. The Kier molecular flexibility index (Phi) is 4.76. The smallest absolute Gasteiger partial charge is 0.107 e. The molecule has 1 N–H and O–H groups in total. The van der Waals surface area contributed by atoms with Crippen LogP contribution >= 0.6 is 7.56 Å². The Bertz CT molecular complexity index is 700. The van der Waals surface area contributed by atoms with Crippen molar-refractivity contribution in [3.05, 3.63) is 95.6 Å². The molecular weight excluding hydrogens is 299 g/mol. The summed E-state index contributed by atoms with van der Waals surface area (Å²) in [5, 5.41) is 11.2. The van der Waals surface area contributed by atoms with Crippen LogP contribution in [0, 0.1) is 6.92 Å². The molecule has 3 aromatic carbocycles. The van der Waals surface area contributed by atoms with Crippen molar-refractivity contribution in [2.75, 3.05) is 7.05 Å². The van der Waals surface area contributed by atoms with E-state index in [1.165, 1.54) is 16.2 Å². The van der Waals surface area contributed by atoms with Crippen molar-refractivity contribution in [1.82, 2.24) is 5.09 Å². The molecule has 3 aromatic rings. The van der Waals surface area contributed by atoms with Gasteiger partial charge in [-0.1, -0.05) is 66.2 Å². The van der Waals surface area contributed by atoms with Gasteiger partial charge in [0.15, 0.2) is 0 Å². The summed E-state index contributed by atoms with van der Waals surface area (Å²) in [6.45, 7) is 2.10. The molecule has 0 bridgehead atoms. The van der Waals surface area contributed by atoms with Gasteiger partial charge >= 0.3 is 0 Å². The van der Waals surface area contributed by atoms with Gasteiger partial charge in [0, 0.05) is 7.05 Å². The first-order chi connectivity index (χ1) is 11.2. The summed E-state index contributed by atoms with van der Waals surface area (Å²) < 4.78 is 0. The minimum Gasteiger partial charge on any atom is -0.499 e. The van der Waals surface area contributed by atoms with Crippen LogP contribution in [0.2, 0.25) is 0 Å². The molecule has 0 spiro atoms. The van der Waals surface area contributed by atoms with Crippen molar-refractivity contribution < 1.29 is 0 Å². The number of nitrogens with zero attached hydrogens (tertiary/aromatic N) is 1. The van der Waals surface area contributed by atoms with E-state index in [9.17, 15) is 0 Å². The van der Waals surface area contributed by atoms with Gasteiger partial charge in [-0.25, -0.2) is 0 Å². The van der Waals surface area contributed by atoms with E-state index in [0.29, 0.717) is 0 Å². The molecule has 0 aromatic heterocycles. The molecule has 0 heterocycles. The van der Waals surface area contributed by atoms with E-state index in [4.69, 9.17) is 5.09 Å². The molecule has 0 unspecified atom stereocenters. The first kappa shape index (κ1) is 15.7. The third-order valence-corrected chi connectivity index (χ3v) is 7.15. The van der Waals surface area contributed by atoms with Crippen LogP contribution in [-0.2, 0) is 0 Å². The second-order valence-corrected chi connectivity index (χ2v) is 8.42. The van der Waals surface area contributed by atoms with Crippen LogP contribution in [0.1, 0.15) is 5.56 Å². The lowest BCUT2D eigenvalue weighted by molar-refractivity contribution is 1.26. The van der Waals surface area contributed by atoms with E-state index in [-0.39, 0.29) is 0 Å². The fourth-order valence-electron chi connectivity index (χ4n) is 2.64. The standard InChI is InChI=1S/C20H21N2P/c1-17-13-15-18(16-14-17)22-23(21-2,19-9-5-3-6-10-19)20-11-7-4-8-12-20/h3-16,21H,1-2H3. The monoisotopic (exact) mass is 320 g/mol. The maximum absolute atomic E-state index is 5.19. The van der Waals surface area contributed by atoms with Crippen LogP contribution < -0.4 is 15.7 Å². The Hall–Kier alpha value is -2.15. The molecule has 0 fully saturated rings. The quantitative estimate of drug-likeness (QED) is 0.677. The van der Waals surface area contributed by atoms with Gasteiger partial charge in [-0.2, -0.15) is 5.09 Å². The van der Waals surface area contributed by atoms with E-state index in [1.807, 2.05) is 19.2 Å². The summed E-state index contributed by atoms with van der Waals surface area (Å²) in [6, 6.07) is 29.5. The van der Waals surface area contributed by atoms with Gasteiger partial charge in [-0.15, -0.1) is 5.69 Å². The molecule has 0 aliphatic heterocycles. The molecule has 0 aliphatic carbocycles. The van der Waals surface area contributed by atoms with Gasteiger partial charge in [0.1, 0.15) is 10.6 Å². The number of aryl methyl sites for hydroxylation is 1. The molecule has 0 saturated heterocycles. The Morgan fingerprint density at radius 1 is 0.696 bits per heavy atom. The Labute approximate surface area is 139 Å². The van der Waals surface area contributed by atoms with Gasteiger partial charge in [-0.05, 0) is 31.2 Å². The molecule has 0 aliphatic rings. The second kappa shape index (κ2) is 6.95. The lowest BCUT2D eigenvalue weighted by Crippen LogP contribution is -2.30. The zero-order chi connectivity index (χ0) is 16.1. The van der Waals surface area contributed by atoms with Gasteiger partial charge in [0.05, 0.1) is 7.56 Å². The highest BCUT2D eigenvalue weighted by Gasteiger charge is 2.33. The highest BCUT2D eigenvalue weighted by molar-refractivity contribution is 7.90. The molecule has 0 saturated carbocycles. The number of hydrogen-bond donors (Lipinski definition) is 1. The van der Waals surface area contributed by atoms with Gasteiger partial charge in [0.25, 0.3) is 0 Å². The average molecular weight is 320 g/mol. The first-order valence-electron chi connectivity index (χ1n) is 7.74. The molecule has 0 amide bonds. The topological polar surface area (TPSA) is 26.1 Å². The normalized spacial score (nSPS) is 11.2. The van der Waals surface area contributed by atoms with Crippen molar-refractivity contribution in [2.24, 2.45) is 0 Å². The molecule has 23 heavy (non-hydrogen) atoms. The van der Waals surface area contributed by atoms with Crippen molar-refractivity contribution >= 4 is 23.9 Å². The first-order valence-corrected chi connectivity index (χ1v) is 9.48. The molecular formula is C20H21N2P. The number of rotatable bonds is 5. The van der Waals surface area contributed by atoms with Crippen molar-refractivity contribution in [3.8, 4) is 0 Å². The number of nitrogens with one attached hydrogen (secondary N) is 1. The van der Waals surface area contributed by atoms with Gasteiger partial charge in [0.2, 0.25) is 0 Å². The zero-order valence-electron chi connectivity index (χ0n) is 13.5. The number of benzene rings is 3. The predicted octanol–water partition coefficient (Wildman–Crippen LogP) is 4.72. The average Bonchev–Trinajstić information content (AvgIpc) is 2.63. The van der Waals surface area contributed by atoms with Gasteiger partial charge in [-0.3, -0.25) is 0 Å². The molecule has 116 valence electrons. The van der Waals surface area contributed by atoms with E-state index >= 15 is 0 Å². The van der Waals surface area contributed by atoms with E-state index in [0.717, 1.165) is 5.69 Å². The lowest BCUT2D eigenvalue weighted by atomic mass is 10.2. The molecule has 0 atom stereocenters. The minimum absolute atomic E-state index is 1.01. The van der Waals surface area contributed by atoms with E-state index in [1.54, 1.807) is 0 Å². The van der Waals surface area contributed by atoms with Crippen molar-refractivity contribution in [3.63, 3.8) is 0 Å². The summed E-state index contributed by atoms with van der Waals surface area (Å²) in [6.07, 6.45) is 0. The predicted molar refractivity (Wildman–Crippen MR) is 102 cm³/mol. The molecule has 3 rings (SSSR count). The highest BCUT2D eigenvalue weighted by Crippen LogP contribution is 2.61. The maximum atomic E-state index is 5.19. The largest absolute Gasteiger partial charge is 0.499 e. The number of hydrogen-bond acceptors (Lipinski definition) is 1. The maximum Gasteiger partial charge on any atom is 0.107 e. The Morgan fingerprint density at radius 2 is 1.17 bits per heavy atom. The summed E-state index contributed by atoms with van der Waals surface area (Å²) in [4.78, 5) is 0. The Morgan fingerprint density at radius 3 is 1.61 bits per heavy atom. The van der Waals surface area contributed by atoms with Gasteiger partial charge < -0.3 is 5.09 Å². The summed E-state index contributed by atoms with van der Waals surface area (Å²) in [5.41, 5.74) is 2.25. The summed E-state index contributed by atoms with van der Waals surface area (Å²) in [7, 11) is -0.0384. The van der Waals surface area contributed by atoms with Crippen molar-refractivity contribution in [1.29, 1.82) is 0 Å². The Balaban J connectivity index is 2.11. The second-order valence-electron chi connectivity index (χ2n) is 5.47. The fourth-order valence-corrected chi connectivity index (χ4v) is 5.48. The SMILES string of the molecule is CN[P+]([N-]c1ccc(C)cc1)(c1ccccc1)c1ccccc1. The van der Waals surface area contributed by atoms with Crippen LogP contribution in [0.4, 0.5) is 5.69 Å². The fraction of sp³-hybridized carbons (Fsp3) is 0.100.